The van der Waals surface area contributed by atoms with Gasteiger partial charge < -0.3 is 10.1 Å². The van der Waals surface area contributed by atoms with E-state index >= 15 is 0 Å². The van der Waals surface area contributed by atoms with Crippen molar-refractivity contribution in [2.45, 2.75) is 6.61 Å². The maximum Gasteiger partial charge on any atom is 0.261 e. The van der Waals surface area contributed by atoms with Crippen LogP contribution in [0.4, 0.5) is 10.1 Å². The van der Waals surface area contributed by atoms with Gasteiger partial charge in [-0.05, 0) is 30.3 Å². The van der Waals surface area contributed by atoms with Crippen molar-refractivity contribution in [2.75, 3.05) is 5.32 Å². The maximum absolute atomic E-state index is 13.7. The number of ether oxygens (including phenoxy) is 1. The fourth-order valence-electron chi connectivity index (χ4n) is 2.07. The Morgan fingerprint density at radius 2 is 1.83 bits per heavy atom. The summed E-state index contributed by atoms with van der Waals surface area (Å²) in [6.45, 7) is -0.0147. The van der Waals surface area contributed by atoms with E-state index in [1.54, 1.807) is 54.9 Å². The molecule has 0 fully saturated rings. The van der Waals surface area contributed by atoms with E-state index in [4.69, 9.17) is 4.74 Å². The third-order valence-corrected chi connectivity index (χ3v) is 3.28. The van der Waals surface area contributed by atoms with Crippen LogP contribution in [0.5, 0.6) is 5.88 Å². The van der Waals surface area contributed by atoms with Gasteiger partial charge in [-0.3, -0.25) is 9.78 Å². The highest BCUT2D eigenvalue weighted by atomic mass is 19.1. The van der Waals surface area contributed by atoms with Crippen LogP contribution in [0.25, 0.3) is 0 Å². The van der Waals surface area contributed by atoms with Crippen molar-refractivity contribution in [1.29, 1.82) is 0 Å². The Labute approximate surface area is 138 Å². The number of aromatic nitrogens is 2. The van der Waals surface area contributed by atoms with Crippen LogP contribution in [0.3, 0.4) is 0 Å². The van der Waals surface area contributed by atoms with Crippen LogP contribution in [-0.4, -0.2) is 15.9 Å². The van der Waals surface area contributed by atoms with Crippen molar-refractivity contribution in [2.24, 2.45) is 0 Å². The van der Waals surface area contributed by atoms with E-state index in [2.05, 4.69) is 15.3 Å². The van der Waals surface area contributed by atoms with E-state index in [1.165, 1.54) is 12.3 Å². The molecule has 0 unspecified atom stereocenters. The number of hydrogen-bond acceptors (Lipinski definition) is 4. The van der Waals surface area contributed by atoms with Crippen LogP contribution >= 0.6 is 0 Å². The van der Waals surface area contributed by atoms with Gasteiger partial charge in [0.15, 0.2) is 0 Å². The molecule has 0 aliphatic heterocycles. The number of nitrogens with zero attached hydrogens (tertiary/aromatic N) is 2. The largest absolute Gasteiger partial charge is 0.472 e. The Hall–Kier alpha value is -3.28. The normalized spacial score (nSPS) is 10.2. The monoisotopic (exact) mass is 323 g/mol. The van der Waals surface area contributed by atoms with Gasteiger partial charge in [-0.2, -0.15) is 0 Å². The minimum Gasteiger partial charge on any atom is -0.472 e. The SMILES string of the molecule is O=C(Nc1ccncc1)c1cccnc1OCc1ccccc1F. The van der Waals surface area contributed by atoms with Crippen molar-refractivity contribution in [3.05, 3.63) is 84.1 Å². The summed E-state index contributed by atoms with van der Waals surface area (Å²) >= 11 is 0. The molecule has 2 heterocycles. The van der Waals surface area contributed by atoms with Crippen LogP contribution in [0.1, 0.15) is 15.9 Å². The fourth-order valence-corrected chi connectivity index (χ4v) is 2.07. The van der Waals surface area contributed by atoms with E-state index in [1.807, 2.05) is 0 Å². The van der Waals surface area contributed by atoms with Gasteiger partial charge in [0, 0.05) is 29.8 Å². The molecule has 3 aromatic rings. The Balaban J connectivity index is 1.75. The van der Waals surface area contributed by atoms with Gasteiger partial charge >= 0.3 is 0 Å². The molecule has 0 atom stereocenters. The van der Waals surface area contributed by atoms with Crippen molar-refractivity contribution < 1.29 is 13.9 Å². The average Bonchev–Trinajstić information content (AvgIpc) is 2.62. The molecule has 0 radical (unpaired) electrons. The highest BCUT2D eigenvalue weighted by Crippen LogP contribution is 2.18. The summed E-state index contributed by atoms with van der Waals surface area (Å²) in [5, 5.41) is 2.74. The molecule has 0 bridgehead atoms. The zero-order valence-corrected chi connectivity index (χ0v) is 12.6. The van der Waals surface area contributed by atoms with Crippen molar-refractivity contribution in [1.82, 2.24) is 9.97 Å². The van der Waals surface area contributed by atoms with Crippen molar-refractivity contribution >= 4 is 11.6 Å². The Morgan fingerprint density at radius 1 is 1.04 bits per heavy atom. The predicted octanol–water partition coefficient (Wildman–Crippen LogP) is 3.45. The second kappa shape index (κ2) is 7.32. The lowest BCUT2D eigenvalue weighted by Gasteiger charge is -2.11. The summed E-state index contributed by atoms with van der Waals surface area (Å²) in [6.07, 6.45) is 4.67. The number of rotatable bonds is 5. The van der Waals surface area contributed by atoms with E-state index in [0.717, 1.165) is 0 Å². The topological polar surface area (TPSA) is 64.1 Å². The summed E-state index contributed by atoms with van der Waals surface area (Å²) < 4.78 is 19.2. The molecule has 0 saturated heterocycles. The highest BCUT2D eigenvalue weighted by Gasteiger charge is 2.14. The lowest BCUT2D eigenvalue weighted by Crippen LogP contribution is -2.14. The van der Waals surface area contributed by atoms with Gasteiger partial charge in [-0.25, -0.2) is 9.37 Å². The molecule has 1 N–H and O–H groups in total. The minimum atomic E-state index is -0.365. The van der Waals surface area contributed by atoms with Crippen LogP contribution in [0.15, 0.2) is 67.1 Å². The molecular weight excluding hydrogens is 309 g/mol. The fraction of sp³-hybridized carbons (Fsp3) is 0.0556. The molecule has 24 heavy (non-hydrogen) atoms. The van der Waals surface area contributed by atoms with E-state index in [0.29, 0.717) is 11.3 Å². The van der Waals surface area contributed by atoms with E-state index in [9.17, 15) is 9.18 Å². The average molecular weight is 323 g/mol. The molecule has 0 spiro atoms. The molecular formula is C18H14FN3O2. The summed E-state index contributed by atoms with van der Waals surface area (Å²) in [7, 11) is 0. The second-order valence-corrected chi connectivity index (χ2v) is 4.93. The van der Waals surface area contributed by atoms with Gasteiger partial charge in [-0.1, -0.05) is 18.2 Å². The zero-order valence-electron chi connectivity index (χ0n) is 12.6. The second-order valence-electron chi connectivity index (χ2n) is 4.93. The molecule has 0 saturated carbocycles. The standard InChI is InChI=1S/C18H14FN3O2/c19-16-6-2-1-4-13(16)12-24-18-15(5-3-9-21-18)17(23)22-14-7-10-20-11-8-14/h1-11H,12H2,(H,20,22,23). The molecule has 2 aromatic heterocycles. The summed E-state index contributed by atoms with van der Waals surface area (Å²) in [5.74, 6) is -0.582. The quantitative estimate of drug-likeness (QED) is 0.781. The summed E-state index contributed by atoms with van der Waals surface area (Å²) in [4.78, 5) is 20.3. The molecule has 1 amide bonds. The summed E-state index contributed by atoms with van der Waals surface area (Å²) in [5.41, 5.74) is 1.27. The van der Waals surface area contributed by atoms with Gasteiger partial charge in [0.1, 0.15) is 18.0 Å². The van der Waals surface area contributed by atoms with Crippen LogP contribution in [0.2, 0.25) is 0 Å². The van der Waals surface area contributed by atoms with E-state index in [-0.39, 0.29) is 29.8 Å². The molecule has 3 rings (SSSR count). The number of benzene rings is 1. The lowest BCUT2D eigenvalue weighted by molar-refractivity contribution is 0.102. The summed E-state index contributed by atoms with van der Waals surface area (Å²) in [6, 6.07) is 12.9. The molecule has 1 aromatic carbocycles. The smallest absolute Gasteiger partial charge is 0.261 e. The maximum atomic E-state index is 13.7. The number of carbonyl (C=O) groups is 1. The van der Waals surface area contributed by atoms with Crippen LogP contribution in [0, 0.1) is 5.82 Å². The first-order chi connectivity index (χ1) is 11.7. The number of hydrogen-bond donors (Lipinski definition) is 1. The number of pyridine rings is 2. The first-order valence-electron chi connectivity index (χ1n) is 7.26. The van der Waals surface area contributed by atoms with Gasteiger partial charge in [0.2, 0.25) is 5.88 Å². The first-order valence-corrected chi connectivity index (χ1v) is 7.26. The first kappa shape index (κ1) is 15.6. The van der Waals surface area contributed by atoms with Gasteiger partial charge in [0.25, 0.3) is 5.91 Å². The van der Waals surface area contributed by atoms with Crippen molar-refractivity contribution in [3.8, 4) is 5.88 Å². The van der Waals surface area contributed by atoms with E-state index < -0.39 is 0 Å². The lowest BCUT2D eigenvalue weighted by atomic mass is 10.2. The predicted molar refractivity (Wildman–Crippen MR) is 87.2 cm³/mol. The van der Waals surface area contributed by atoms with Gasteiger partial charge in [-0.15, -0.1) is 0 Å². The Kier molecular flexibility index (Phi) is 4.76. The number of carbonyl (C=O) groups excluding carboxylic acids is 1. The van der Waals surface area contributed by atoms with Crippen LogP contribution < -0.4 is 10.1 Å². The minimum absolute atomic E-state index is 0.0147. The number of halogens is 1. The Bertz CT molecular complexity index is 840. The molecule has 5 nitrogen and oxygen atoms in total. The molecule has 120 valence electrons. The third kappa shape index (κ3) is 3.73. The Morgan fingerprint density at radius 3 is 2.62 bits per heavy atom. The van der Waals surface area contributed by atoms with Gasteiger partial charge in [0.05, 0.1) is 0 Å². The molecule has 0 aliphatic carbocycles. The highest BCUT2D eigenvalue weighted by molar-refractivity contribution is 6.05. The van der Waals surface area contributed by atoms with Crippen LogP contribution in [-0.2, 0) is 6.61 Å². The number of amides is 1. The zero-order chi connectivity index (χ0) is 16.8. The number of anilines is 1. The molecule has 6 heteroatoms. The third-order valence-electron chi connectivity index (χ3n) is 3.28. The molecule has 0 aliphatic rings. The van der Waals surface area contributed by atoms with Crippen molar-refractivity contribution in [3.63, 3.8) is 0 Å². The number of nitrogens with one attached hydrogen (secondary N) is 1.